The summed E-state index contributed by atoms with van der Waals surface area (Å²) in [6, 6.07) is 90.1. The van der Waals surface area contributed by atoms with E-state index in [1.54, 1.807) is 0 Å². The summed E-state index contributed by atoms with van der Waals surface area (Å²) in [6.07, 6.45) is 0. The Morgan fingerprint density at radius 2 is 0.853 bits per heavy atom. The average Bonchev–Trinajstić information content (AvgIpc) is 4.08. The van der Waals surface area contributed by atoms with E-state index in [1.807, 2.05) is 12.1 Å². The summed E-state index contributed by atoms with van der Waals surface area (Å²) in [6.45, 7) is 0. The molecule has 2 heterocycles. The number of rotatable bonds is 7. The molecule has 0 aliphatic heterocycles. The molecule has 1 aliphatic rings. The molecule has 0 saturated carbocycles. The van der Waals surface area contributed by atoms with Gasteiger partial charge in [0.15, 0.2) is 0 Å². The number of para-hydroxylation sites is 2. The van der Waals surface area contributed by atoms with E-state index in [-0.39, 0.29) is 0 Å². The van der Waals surface area contributed by atoms with Crippen LogP contribution in [-0.2, 0) is 5.41 Å². The van der Waals surface area contributed by atoms with Gasteiger partial charge in [0, 0.05) is 49.6 Å². The average molecular weight is 868 g/mol. The van der Waals surface area contributed by atoms with Crippen molar-refractivity contribution in [3.05, 3.63) is 271 Å². The molecule has 13 aromatic rings. The lowest BCUT2D eigenvalue weighted by Crippen LogP contribution is -2.28. The van der Waals surface area contributed by atoms with Crippen molar-refractivity contribution >= 4 is 71.7 Å². The minimum Gasteiger partial charge on any atom is -0.455 e. The Morgan fingerprint density at radius 1 is 0.294 bits per heavy atom. The van der Waals surface area contributed by atoms with Gasteiger partial charge < -0.3 is 13.7 Å². The van der Waals surface area contributed by atoms with Crippen molar-refractivity contribution in [2.45, 2.75) is 5.41 Å². The molecule has 0 N–H and O–H groups in total. The lowest BCUT2D eigenvalue weighted by molar-refractivity contribution is 0.670. The normalized spacial score (nSPS) is 12.8. The summed E-state index contributed by atoms with van der Waals surface area (Å²) in [5.74, 6) is 0. The fraction of sp³-hybridized carbons (Fsp3) is 0.0154. The Balaban J connectivity index is 0.918. The number of furan rings is 2. The van der Waals surface area contributed by atoms with Gasteiger partial charge in [0.25, 0.3) is 0 Å². The van der Waals surface area contributed by atoms with Gasteiger partial charge >= 0.3 is 0 Å². The maximum Gasteiger partial charge on any atom is 0.143 e. The van der Waals surface area contributed by atoms with Crippen LogP contribution in [0.4, 0.5) is 17.1 Å². The van der Waals surface area contributed by atoms with Crippen LogP contribution in [0, 0.1) is 0 Å². The molecule has 3 heteroatoms. The third-order valence-electron chi connectivity index (χ3n) is 14.4. The van der Waals surface area contributed by atoms with Crippen LogP contribution in [0.2, 0.25) is 0 Å². The maximum atomic E-state index is 6.50. The number of fused-ring (bicyclic) bond motifs is 11. The fourth-order valence-corrected chi connectivity index (χ4v) is 11.3. The van der Waals surface area contributed by atoms with Gasteiger partial charge in [0.05, 0.1) is 5.41 Å². The van der Waals surface area contributed by atoms with Crippen molar-refractivity contribution in [2.24, 2.45) is 0 Å². The highest BCUT2D eigenvalue weighted by Gasteiger charge is 2.46. The molecule has 14 rings (SSSR count). The van der Waals surface area contributed by atoms with Gasteiger partial charge in [-0.05, 0) is 116 Å². The molecule has 11 aromatic carbocycles. The summed E-state index contributed by atoms with van der Waals surface area (Å²) in [5.41, 5.74) is 18.3. The van der Waals surface area contributed by atoms with Gasteiger partial charge in [-0.2, -0.15) is 0 Å². The first-order valence-electron chi connectivity index (χ1n) is 23.3. The van der Waals surface area contributed by atoms with Crippen molar-refractivity contribution in [3.63, 3.8) is 0 Å². The standard InChI is InChI=1S/C65H41NO2/c1-3-15-46(16-4-1)65(47-17-5-2-6-18-47)59-24-11-9-20-53(59)57-41-50(36-38-60(57)65)66(49-34-28-44(29-35-49)52-22-13-23-55-54-21-10-12-25-61(54)67-63(52)55)48-32-26-42(27-33-48)45-31-39-62-58(40-45)56-37-30-43-14-7-8-19-51(43)64(56)68-62/h1-41H. The topological polar surface area (TPSA) is 29.5 Å². The quantitative estimate of drug-likeness (QED) is 0.160. The second kappa shape index (κ2) is 15.1. The zero-order chi connectivity index (χ0) is 44.8. The molecular weight excluding hydrogens is 827 g/mol. The van der Waals surface area contributed by atoms with Gasteiger partial charge in [0.2, 0.25) is 0 Å². The molecule has 0 bridgehead atoms. The van der Waals surface area contributed by atoms with Crippen LogP contribution in [0.15, 0.2) is 258 Å². The van der Waals surface area contributed by atoms with E-state index in [0.29, 0.717) is 0 Å². The molecule has 0 saturated heterocycles. The van der Waals surface area contributed by atoms with Crippen LogP contribution in [0.1, 0.15) is 22.3 Å². The molecule has 318 valence electrons. The Labute approximate surface area is 393 Å². The van der Waals surface area contributed by atoms with Crippen molar-refractivity contribution in [1.29, 1.82) is 0 Å². The summed E-state index contributed by atoms with van der Waals surface area (Å²) < 4.78 is 13.0. The van der Waals surface area contributed by atoms with E-state index in [4.69, 9.17) is 8.83 Å². The summed E-state index contributed by atoms with van der Waals surface area (Å²) in [7, 11) is 0. The van der Waals surface area contributed by atoms with E-state index in [2.05, 4.69) is 241 Å². The van der Waals surface area contributed by atoms with E-state index in [1.165, 1.54) is 38.8 Å². The molecule has 0 radical (unpaired) electrons. The SMILES string of the molecule is c1ccc(C2(c3ccccc3)c3ccccc3-c3cc(N(c4ccc(-c5ccc6oc7c8ccccc8ccc7c6c5)cc4)c4ccc(-c5cccc6c5oc5ccccc56)cc4)ccc32)cc1. The van der Waals surface area contributed by atoms with E-state index < -0.39 is 5.41 Å². The first-order chi connectivity index (χ1) is 33.7. The predicted molar refractivity (Wildman–Crippen MR) is 281 cm³/mol. The Hall–Kier alpha value is -8.92. The minimum atomic E-state index is -0.479. The van der Waals surface area contributed by atoms with E-state index >= 15 is 0 Å². The summed E-state index contributed by atoms with van der Waals surface area (Å²) in [4.78, 5) is 2.39. The fourth-order valence-electron chi connectivity index (χ4n) is 11.3. The Morgan fingerprint density at radius 3 is 1.63 bits per heavy atom. The van der Waals surface area contributed by atoms with Crippen molar-refractivity contribution in [3.8, 4) is 33.4 Å². The lowest BCUT2D eigenvalue weighted by Gasteiger charge is -2.34. The van der Waals surface area contributed by atoms with Crippen LogP contribution >= 0.6 is 0 Å². The maximum absolute atomic E-state index is 6.50. The van der Waals surface area contributed by atoms with Crippen molar-refractivity contribution in [1.82, 2.24) is 0 Å². The first kappa shape index (κ1) is 38.4. The smallest absolute Gasteiger partial charge is 0.143 e. The predicted octanol–water partition coefficient (Wildman–Crippen LogP) is 17.8. The highest BCUT2D eigenvalue weighted by Crippen LogP contribution is 2.57. The number of hydrogen-bond donors (Lipinski definition) is 0. The molecule has 0 fully saturated rings. The van der Waals surface area contributed by atoms with Crippen LogP contribution in [0.25, 0.3) is 88.0 Å². The second-order valence-electron chi connectivity index (χ2n) is 17.9. The number of anilines is 3. The second-order valence-corrected chi connectivity index (χ2v) is 17.9. The summed E-state index contributed by atoms with van der Waals surface area (Å²) >= 11 is 0. The third-order valence-corrected chi connectivity index (χ3v) is 14.4. The number of nitrogens with zero attached hydrogens (tertiary/aromatic N) is 1. The molecule has 2 aromatic heterocycles. The zero-order valence-electron chi connectivity index (χ0n) is 36.9. The third kappa shape index (κ3) is 5.72. The van der Waals surface area contributed by atoms with Gasteiger partial charge in [-0.1, -0.05) is 188 Å². The van der Waals surface area contributed by atoms with Gasteiger partial charge in [-0.15, -0.1) is 0 Å². The molecular formula is C65H41NO2. The molecule has 0 unspecified atom stereocenters. The largest absolute Gasteiger partial charge is 0.455 e. The van der Waals surface area contributed by atoms with Crippen LogP contribution in [-0.4, -0.2) is 0 Å². The highest BCUT2D eigenvalue weighted by atomic mass is 16.3. The monoisotopic (exact) mass is 867 g/mol. The van der Waals surface area contributed by atoms with Crippen molar-refractivity contribution < 1.29 is 8.83 Å². The number of hydrogen-bond acceptors (Lipinski definition) is 3. The molecule has 0 amide bonds. The van der Waals surface area contributed by atoms with E-state index in [0.717, 1.165) is 88.6 Å². The summed E-state index contributed by atoms with van der Waals surface area (Å²) in [5, 5.41) is 6.81. The number of benzene rings is 11. The van der Waals surface area contributed by atoms with Crippen molar-refractivity contribution in [2.75, 3.05) is 4.90 Å². The van der Waals surface area contributed by atoms with E-state index in [9.17, 15) is 0 Å². The van der Waals surface area contributed by atoms with Crippen LogP contribution in [0.5, 0.6) is 0 Å². The van der Waals surface area contributed by atoms with Crippen LogP contribution in [0.3, 0.4) is 0 Å². The van der Waals surface area contributed by atoms with Gasteiger partial charge in [-0.3, -0.25) is 0 Å². The Kier molecular flexibility index (Phi) is 8.50. The van der Waals surface area contributed by atoms with Crippen LogP contribution < -0.4 is 4.90 Å². The lowest BCUT2D eigenvalue weighted by atomic mass is 9.68. The Bertz CT molecular complexity index is 4030. The minimum absolute atomic E-state index is 0.479. The first-order valence-corrected chi connectivity index (χ1v) is 23.3. The molecule has 0 spiro atoms. The molecule has 68 heavy (non-hydrogen) atoms. The molecule has 1 aliphatic carbocycles. The molecule has 3 nitrogen and oxygen atoms in total. The highest BCUT2D eigenvalue weighted by molar-refractivity contribution is 6.15. The molecule has 0 atom stereocenters. The zero-order valence-corrected chi connectivity index (χ0v) is 36.9. The van der Waals surface area contributed by atoms with Gasteiger partial charge in [-0.25, -0.2) is 0 Å². The van der Waals surface area contributed by atoms with Gasteiger partial charge in [0.1, 0.15) is 22.3 Å².